The van der Waals surface area contributed by atoms with Gasteiger partial charge in [-0.3, -0.25) is 9.48 Å². The molecular weight excluding hydrogens is 273 g/mol. The summed E-state index contributed by atoms with van der Waals surface area (Å²) < 4.78 is 39.2. The third-order valence-corrected chi connectivity index (χ3v) is 2.77. The summed E-state index contributed by atoms with van der Waals surface area (Å²) in [5.74, 6) is -1.52. The minimum absolute atomic E-state index is 0.505. The van der Waals surface area contributed by atoms with Gasteiger partial charge in [0.2, 0.25) is 0 Å². The SMILES string of the molecule is O=C(O)CC(n1cc(-c2ccccc2)cn1)C(F)(F)F. The molecule has 1 aromatic carbocycles. The predicted octanol–water partition coefficient (Wildman–Crippen LogP) is 3.13. The molecular formula is C13H11F3N2O2. The Labute approximate surface area is 112 Å². The van der Waals surface area contributed by atoms with Crippen LogP contribution in [0.5, 0.6) is 0 Å². The van der Waals surface area contributed by atoms with E-state index < -0.39 is 24.6 Å². The largest absolute Gasteiger partial charge is 0.481 e. The lowest BCUT2D eigenvalue weighted by Gasteiger charge is -2.18. The Kier molecular flexibility index (Phi) is 3.78. The van der Waals surface area contributed by atoms with Gasteiger partial charge in [-0.2, -0.15) is 18.3 Å². The van der Waals surface area contributed by atoms with E-state index in [0.717, 1.165) is 5.56 Å². The van der Waals surface area contributed by atoms with Crippen LogP contribution in [0.2, 0.25) is 0 Å². The molecule has 1 heterocycles. The van der Waals surface area contributed by atoms with Gasteiger partial charge in [-0.05, 0) is 5.56 Å². The van der Waals surface area contributed by atoms with Crippen molar-refractivity contribution in [2.24, 2.45) is 0 Å². The summed E-state index contributed by atoms with van der Waals surface area (Å²) >= 11 is 0. The zero-order chi connectivity index (χ0) is 14.8. The fraction of sp³-hybridized carbons (Fsp3) is 0.231. The maximum absolute atomic E-state index is 12.9. The normalized spacial score (nSPS) is 13.2. The second kappa shape index (κ2) is 5.36. The number of rotatable bonds is 4. The average molecular weight is 284 g/mol. The molecule has 1 unspecified atom stereocenters. The number of carboxylic acids is 1. The molecule has 0 aliphatic carbocycles. The smallest absolute Gasteiger partial charge is 0.411 e. The van der Waals surface area contributed by atoms with Crippen molar-refractivity contribution >= 4 is 5.97 Å². The van der Waals surface area contributed by atoms with E-state index in [2.05, 4.69) is 5.10 Å². The van der Waals surface area contributed by atoms with E-state index in [0.29, 0.717) is 10.2 Å². The van der Waals surface area contributed by atoms with Gasteiger partial charge in [0.15, 0.2) is 6.04 Å². The second-order valence-electron chi connectivity index (χ2n) is 4.23. The molecule has 0 spiro atoms. The van der Waals surface area contributed by atoms with Gasteiger partial charge < -0.3 is 5.11 Å². The zero-order valence-corrected chi connectivity index (χ0v) is 10.2. The highest BCUT2D eigenvalue weighted by molar-refractivity contribution is 5.67. The van der Waals surface area contributed by atoms with Gasteiger partial charge in [0, 0.05) is 11.8 Å². The number of aromatic nitrogens is 2. The molecule has 0 aliphatic heterocycles. The third kappa shape index (κ3) is 3.17. The Morgan fingerprint density at radius 2 is 1.90 bits per heavy atom. The first-order valence-electron chi connectivity index (χ1n) is 5.76. The Bertz CT molecular complexity index is 593. The molecule has 0 saturated carbocycles. The lowest BCUT2D eigenvalue weighted by Crippen LogP contribution is -2.29. The van der Waals surface area contributed by atoms with E-state index in [9.17, 15) is 18.0 Å². The third-order valence-electron chi connectivity index (χ3n) is 2.77. The van der Waals surface area contributed by atoms with Crippen LogP contribution in [0.25, 0.3) is 11.1 Å². The number of carboxylic acid groups (broad SMARTS) is 1. The van der Waals surface area contributed by atoms with E-state index >= 15 is 0 Å². The van der Waals surface area contributed by atoms with Crippen LogP contribution in [-0.2, 0) is 4.79 Å². The minimum Gasteiger partial charge on any atom is -0.481 e. The summed E-state index contributed by atoms with van der Waals surface area (Å²) in [5.41, 5.74) is 1.22. The van der Waals surface area contributed by atoms with Crippen molar-refractivity contribution in [2.75, 3.05) is 0 Å². The van der Waals surface area contributed by atoms with Crippen LogP contribution in [0.4, 0.5) is 13.2 Å². The Morgan fingerprint density at radius 3 is 2.45 bits per heavy atom. The highest BCUT2D eigenvalue weighted by Crippen LogP contribution is 2.33. The number of nitrogens with zero attached hydrogens (tertiary/aromatic N) is 2. The first kappa shape index (κ1) is 14.1. The van der Waals surface area contributed by atoms with Crippen molar-refractivity contribution < 1.29 is 23.1 Å². The monoisotopic (exact) mass is 284 g/mol. The lowest BCUT2D eigenvalue weighted by molar-refractivity contribution is -0.179. The zero-order valence-electron chi connectivity index (χ0n) is 10.2. The van der Waals surface area contributed by atoms with Crippen LogP contribution >= 0.6 is 0 Å². The minimum atomic E-state index is -4.67. The van der Waals surface area contributed by atoms with Crippen molar-refractivity contribution in [1.82, 2.24) is 9.78 Å². The molecule has 2 aromatic rings. The molecule has 106 valence electrons. The number of hydrogen-bond donors (Lipinski definition) is 1. The van der Waals surface area contributed by atoms with Gasteiger partial charge in [-0.15, -0.1) is 0 Å². The van der Waals surface area contributed by atoms with E-state index in [1.54, 1.807) is 30.3 Å². The Balaban J connectivity index is 2.32. The number of aliphatic carboxylic acids is 1. The summed E-state index contributed by atoms with van der Waals surface area (Å²) in [5, 5.41) is 12.2. The molecule has 0 bridgehead atoms. The topological polar surface area (TPSA) is 55.1 Å². The number of carbonyl (C=O) groups is 1. The standard InChI is InChI=1S/C13H11F3N2O2/c14-13(15,16)11(6-12(19)20)18-8-10(7-17-18)9-4-2-1-3-5-9/h1-5,7-8,11H,6H2,(H,19,20). The summed E-state index contributed by atoms with van der Waals surface area (Å²) in [6.45, 7) is 0. The van der Waals surface area contributed by atoms with Crippen LogP contribution in [0.15, 0.2) is 42.7 Å². The molecule has 1 aromatic heterocycles. The highest BCUT2D eigenvalue weighted by atomic mass is 19.4. The predicted molar refractivity (Wildman–Crippen MR) is 65.0 cm³/mol. The van der Waals surface area contributed by atoms with Gasteiger partial charge >= 0.3 is 12.1 Å². The molecule has 1 N–H and O–H groups in total. The van der Waals surface area contributed by atoms with Crippen molar-refractivity contribution in [3.05, 3.63) is 42.7 Å². The summed E-state index contributed by atoms with van der Waals surface area (Å²) in [6.07, 6.45) is -3.23. The number of alkyl halides is 3. The Morgan fingerprint density at radius 1 is 1.25 bits per heavy atom. The number of hydrogen-bond acceptors (Lipinski definition) is 2. The van der Waals surface area contributed by atoms with E-state index in [-0.39, 0.29) is 0 Å². The number of benzene rings is 1. The highest BCUT2D eigenvalue weighted by Gasteiger charge is 2.43. The van der Waals surface area contributed by atoms with Gasteiger partial charge in [0.1, 0.15) is 0 Å². The van der Waals surface area contributed by atoms with E-state index in [1.807, 2.05) is 0 Å². The van der Waals surface area contributed by atoms with Crippen LogP contribution in [0, 0.1) is 0 Å². The molecule has 0 saturated heterocycles. The quantitative estimate of drug-likeness (QED) is 0.938. The molecule has 4 nitrogen and oxygen atoms in total. The maximum Gasteiger partial charge on any atom is 0.411 e. The first-order chi connectivity index (χ1) is 9.38. The van der Waals surface area contributed by atoms with Crippen LogP contribution in [0.1, 0.15) is 12.5 Å². The molecule has 1 atom stereocenters. The van der Waals surface area contributed by atoms with E-state index in [4.69, 9.17) is 5.11 Å². The van der Waals surface area contributed by atoms with Crippen molar-refractivity contribution in [1.29, 1.82) is 0 Å². The second-order valence-corrected chi connectivity index (χ2v) is 4.23. The number of halogens is 3. The van der Waals surface area contributed by atoms with Gasteiger partial charge in [-0.25, -0.2) is 0 Å². The van der Waals surface area contributed by atoms with Crippen molar-refractivity contribution in [3.63, 3.8) is 0 Å². The molecule has 7 heteroatoms. The van der Waals surface area contributed by atoms with Crippen molar-refractivity contribution in [2.45, 2.75) is 18.6 Å². The Hall–Kier alpha value is -2.31. The van der Waals surface area contributed by atoms with Crippen LogP contribution < -0.4 is 0 Å². The van der Waals surface area contributed by atoms with Crippen molar-refractivity contribution in [3.8, 4) is 11.1 Å². The lowest BCUT2D eigenvalue weighted by atomic mass is 10.1. The first-order valence-corrected chi connectivity index (χ1v) is 5.76. The maximum atomic E-state index is 12.9. The molecule has 20 heavy (non-hydrogen) atoms. The summed E-state index contributed by atoms with van der Waals surface area (Å²) in [4.78, 5) is 10.6. The summed E-state index contributed by atoms with van der Waals surface area (Å²) in [6, 6.07) is 6.60. The fourth-order valence-corrected chi connectivity index (χ4v) is 1.81. The molecule has 2 rings (SSSR count). The van der Waals surface area contributed by atoms with Crippen LogP contribution in [0.3, 0.4) is 0 Å². The average Bonchev–Trinajstić information content (AvgIpc) is 2.84. The fourth-order valence-electron chi connectivity index (χ4n) is 1.81. The van der Waals surface area contributed by atoms with Crippen LogP contribution in [-0.4, -0.2) is 27.0 Å². The molecule has 0 amide bonds. The molecule has 0 fully saturated rings. The summed E-state index contributed by atoms with van der Waals surface area (Å²) in [7, 11) is 0. The molecule has 0 aliphatic rings. The van der Waals surface area contributed by atoms with E-state index in [1.165, 1.54) is 12.4 Å². The van der Waals surface area contributed by atoms with Gasteiger partial charge in [0.25, 0.3) is 0 Å². The van der Waals surface area contributed by atoms with Gasteiger partial charge in [-0.1, -0.05) is 30.3 Å². The van der Waals surface area contributed by atoms with Gasteiger partial charge in [0.05, 0.1) is 12.6 Å². The molecule has 0 radical (unpaired) electrons.